The Hall–Kier alpha value is -2.16. The van der Waals surface area contributed by atoms with Crippen LogP contribution in [0.3, 0.4) is 0 Å². The largest absolute Gasteiger partial charge is 0.493 e. The summed E-state index contributed by atoms with van der Waals surface area (Å²) in [6.45, 7) is 0.902. The molecule has 0 unspecified atom stereocenters. The van der Waals surface area contributed by atoms with Crippen LogP contribution in [-0.4, -0.2) is 19.8 Å². The van der Waals surface area contributed by atoms with Crippen molar-refractivity contribution in [3.8, 4) is 11.5 Å². The maximum atomic E-state index is 6.14. The maximum absolute atomic E-state index is 6.14. The van der Waals surface area contributed by atoms with E-state index in [1.54, 1.807) is 7.11 Å². The molecule has 1 N–H and O–H groups in total. The molecule has 0 atom stereocenters. The molecule has 2 aromatic rings. The highest BCUT2D eigenvalue weighted by Gasteiger charge is 2.18. The Morgan fingerprint density at radius 2 is 1.78 bits per heavy atom. The summed E-state index contributed by atoms with van der Waals surface area (Å²) in [5.74, 6) is 1.66. The predicted molar refractivity (Wildman–Crippen MR) is 94.5 cm³/mol. The number of hydrogen-bond donors (Lipinski definition) is 1. The first-order chi connectivity index (χ1) is 11.3. The molecule has 0 saturated heterocycles. The van der Waals surface area contributed by atoms with Gasteiger partial charge in [-0.1, -0.05) is 30.3 Å². The molecule has 3 nitrogen and oxygen atoms in total. The monoisotopic (exact) mass is 311 g/mol. The fourth-order valence-electron chi connectivity index (χ4n) is 3.06. The lowest BCUT2D eigenvalue weighted by molar-refractivity contribution is 0.201. The summed E-state index contributed by atoms with van der Waals surface area (Å²) in [4.78, 5) is 0. The number of ether oxygens (including phenoxy) is 2. The molecule has 3 rings (SSSR count). The van der Waals surface area contributed by atoms with Gasteiger partial charge in [-0.25, -0.2) is 0 Å². The third kappa shape index (κ3) is 4.41. The summed E-state index contributed by atoms with van der Waals surface area (Å²) in [5, 5.41) is 3.47. The first-order valence-corrected chi connectivity index (χ1v) is 8.47. The van der Waals surface area contributed by atoms with Crippen LogP contribution < -0.4 is 14.8 Å². The van der Waals surface area contributed by atoms with Gasteiger partial charge in [-0.2, -0.15) is 0 Å². The van der Waals surface area contributed by atoms with Crippen LogP contribution in [0.2, 0.25) is 0 Å². The van der Waals surface area contributed by atoms with Crippen molar-refractivity contribution in [1.29, 1.82) is 0 Å². The molecular weight excluding hydrogens is 286 g/mol. The Balaban J connectivity index is 1.60. The Morgan fingerprint density at radius 1 is 1.00 bits per heavy atom. The van der Waals surface area contributed by atoms with Gasteiger partial charge in [-0.05, 0) is 49.8 Å². The van der Waals surface area contributed by atoms with Gasteiger partial charge >= 0.3 is 0 Å². The van der Waals surface area contributed by atoms with Crippen LogP contribution in [-0.2, 0) is 6.42 Å². The summed E-state index contributed by atoms with van der Waals surface area (Å²) in [6, 6.07) is 16.6. The summed E-state index contributed by atoms with van der Waals surface area (Å²) in [5.41, 5.74) is 2.42. The van der Waals surface area contributed by atoms with E-state index in [1.165, 1.54) is 18.4 Å². The van der Waals surface area contributed by atoms with E-state index in [1.807, 2.05) is 18.2 Å². The van der Waals surface area contributed by atoms with Crippen molar-refractivity contribution in [3.05, 3.63) is 54.1 Å². The fourth-order valence-corrected chi connectivity index (χ4v) is 3.06. The van der Waals surface area contributed by atoms with Crippen LogP contribution >= 0.6 is 0 Å². The zero-order chi connectivity index (χ0) is 15.9. The summed E-state index contributed by atoms with van der Waals surface area (Å²) < 4.78 is 11.6. The lowest BCUT2D eigenvalue weighted by Gasteiger charge is -2.17. The average Bonchev–Trinajstić information content (AvgIpc) is 3.09. The molecule has 1 saturated carbocycles. The van der Waals surface area contributed by atoms with Gasteiger partial charge in [0.25, 0.3) is 0 Å². The van der Waals surface area contributed by atoms with Crippen molar-refractivity contribution in [2.24, 2.45) is 0 Å². The second-order valence-electron chi connectivity index (χ2n) is 6.05. The smallest absolute Gasteiger partial charge is 0.163 e. The molecule has 0 amide bonds. The van der Waals surface area contributed by atoms with Crippen LogP contribution in [0, 0.1) is 0 Å². The Labute approximate surface area is 138 Å². The molecule has 2 aromatic carbocycles. The maximum Gasteiger partial charge on any atom is 0.163 e. The van der Waals surface area contributed by atoms with Gasteiger partial charge in [0.1, 0.15) is 0 Å². The highest BCUT2D eigenvalue weighted by molar-refractivity contribution is 5.55. The van der Waals surface area contributed by atoms with E-state index >= 15 is 0 Å². The second-order valence-corrected chi connectivity index (χ2v) is 6.05. The van der Waals surface area contributed by atoms with Crippen LogP contribution in [0.4, 0.5) is 5.69 Å². The second kappa shape index (κ2) is 7.91. The van der Waals surface area contributed by atoms with Crippen molar-refractivity contribution in [1.82, 2.24) is 0 Å². The zero-order valence-electron chi connectivity index (χ0n) is 13.8. The fraction of sp³-hybridized carbons (Fsp3) is 0.400. The molecule has 0 aromatic heterocycles. The minimum Gasteiger partial charge on any atom is -0.493 e. The van der Waals surface area contributed by atoms with E-state index in [0.29, 0.717) is 6.10 Å². The van der Waals surface area contributed by atoms with E-state index in [9.17, 15) is 0 Å². The third-order valence-corrected chi connectivity index (χ3v) is 4.35. The van der Waals surface area contributed by atoms with Crippen molar-refractivity contribution in [3.63, 3.8) is 0 Å². The Kier molecular flexibility index (Phi) is 5.41. The number of nitrogens with one attached hydrogen (secondary N) is 1. The predicted octanol–water partition coefficient (Wildman–Crippen LogP) is 4.67. The van der Waals surface area contributed by atoms with E-state index in [-0.39, 0.29) is 0 Å². The Bertz CT molecular complexity index is 606. The molecule has 0 aliphatic heterocycles. The van der Waals surface area contributed by atoms with Crippen molar-refractivity contribution in [2.45, 2.75) is 38.2 Å². The molecule has 1 aliphatic rings. The lowest BCUT2D eigenvalue weighted by Crippen LogP contribution is -2.12. The molecule has 1 fully saturated rings. The van der Waals surface area contributed by atoms with E-state index in [0.717, 1.165) is 43.0 Å². The molecule has 0 heterocycles. The van der Waals surface area contributed by atoms with E-state index in [4.69, 9.17) is 9.47 Å². The minimum absolute atomic E-state index is 0.337. The van der Waals surface area contributed by atoms with E-state index in [2.05, 4.69) is 35.6 Å². The van der Waals surface area contributed by atoms with Crippen LogP contribution in [0.15, 0.2) is 48.5 Å². The average molecular weight is 311 g/mol. The van der Waals surface area contributed by atoms with Crippen molar-refractivity contribution < 1.29 is 9.47 Å². The van der Waals surface area contributed by atoms with Crippen LogP contribution in [0.1, 0.15) is 31.2 Å². The number of hydrogen-bond acceptors (Lipinski definition) is 3. The number of benzene rings is 2. The van der Waals surface area contributed by atoms with Gasteiger partial charge in [-0.15, -0.1) is 0 Å². The van der Waals surface area contributed by atoms with E-state index < -0.39 is 0 Å². The summed E-state index contributed by atoms with van der Waals surface area (Å²) in [7, 11) is 1.69. The number of rotatable bonds is 7. The third-order valence-electron chi connectivity index (χ3n) is 4.35. The molecule has 3 heteroatoms. The molecule has 0 radical (unpaired) electrons. The molecule has 0 bridgehead atoms. The lowest BCUT2D eigenvalue weighted by atomic mass is 10.1. The zero-order valence-corrected chi connectivity index (χ0v) is 13.8. The van der Waals surface area contributed by atoms with Gasteiger partial charge in [0.2, 0.25) is 0 Å². The first-order valence-electron chi connectivity index (χ1n) is 8.47. The van der Waals surface area contributed by atoms with Crippen molar-refractivity contribution in [2.75, 3.05) is 19.0 Å². The van der Waals surface area contributed by atoms with Gasteiger partial charge in [-0.3, -0.25) is 0 Å². The number of methoxy groups -OCH3 is 1. The quantitative estimate of drug-likeness (QED) is 0.806. The SMILES string of the molecule is COc1ccc(NCCc2ccccc2)cc1OC1CCCC1. The number of anilines is 1. The highest BCUT2D eigenvalue weighted by Crippen LogP contribution is 2.33. The normalized spacial score (nSPS) is 14.7. The highest BCUT2D eigenvalue weighted by atomic mass is 16.5. The molecule has 0 spiro atoms. The standard InChI is InChI=1S/C20H25NO2/c1-22-19-12-11-17(15-20(19)23-18-9-5-6-10-18)21-14-13-16-7-3-2-4-8-16/h2-4,7-8,11-12,15,18,21H,5-6,9-10,13-14H2,1H3. The van der Waals surface area contributed by atoms with Gasteiger partial charge in [0.15, 0.2) is 11.5 Å². The van der Waals surface area contributed by atoms with Gasteiger partial charge < -0.3 is 14.8 Å². The molecule has 23 heavy (non-hydrogen) atoms. The minimum atomic E-state index is 0.337. The van der Waals surface area contributed by atoms with Crippen LogP contribution in [0.25, 0.3) is 0 Å². The van der Waals surface area contributed by atoms with Crippen LogP contribution in [0.5, 0.6) is 11.5 Å². The Morgan fingerprint density at radius 3 is 2.52 bits per heavy atom. The molecule has 122 valence electrons. The first kappa shape index (κ1) is 15.7. The molecular formula is C20H25NO2. The molecule has 1 aliphatic carbocycles. The van der Waals surface area contributed by atoms with Gasteiger partial charge in [0, 0.05) is 18.3 Å². The topological polar surface area (TPSA) is 30.5 Å². The van der Waals surface area contributed by atoms with Gasteiger partial charge in [0.05, 0.1) is 13.2 Å². The summed E-state index contributed by atoms with van der Waals surface area (Å²) >= 11 is 0. The van der Waals surface area contributed by atoms with Crippen molar-refractivity contribution >= 4 is 5.69 Å². The summed E-state index contributed by atoms with van der Waals surface area (Å²) in [6.07, 6.45) is 6.17.